The summed E-state index contributed by atoms with van der Waals surface area (Å²) in [6, 6.07) is 0.748. The predicted octanol–water partition coefficient (Wildman–Crippen LogP) is 2.41. The van der Waals surface area contributed by atoms with Crippen LogP contribution in [0.2, 0.25) is 0 Å². The lowest BCUT2D eigenvalue weighted by molar-refractivity contribution is 0.694. The van der Waals surface area contributed by atoms with E-state index in [9.17, 15) is 0 Å². The highest BCUT2D eigenvalue weighted by Crippen LogP contribution is 2.30. The van der Waals surface area contributed by atoms with Crippen LogP contribution in [0.25, 0.3) is 10.6 Å². The van der Waals surface area contributed by atoms with Gasteiger partial charge in [0.25, 0.3) is 0 Å². The Bertz CT molecular complexity index is 566. The molecule has 0 atom stereocenters. The molecular formula is C13H18N4S. The minimum Gasteiger partial charge on any atom is -0.309 e. The third-order valence-corrected chi connectivity index (χ3v) is 4.43. The molecule has 18 heavy (non-hydrogen) atoms. The lowest BCUT2D eigenvalue weighted by Gasteiger charge is -1.98. The summed E-state index contributed by atoms with van der Waals surface area (Å²) >= 11 is 1.77. The Morgan fingerprint density at radius 1 is 1.44 bits per heavy atom. The summed E-state index contributed by atoms with van der Waals surface area (Å²) in [5.41, 5.74) is 3.44. The van der Waals surface area contributed by atoms with Crippen LogP contribution in [0.15, 0.2) is 6.20 Å². The van der Waals surface area contributed by atoms with Crippen molar-refractivity contribution in [3.63, 3.8) is 0 Å². The average Bonchev–Trinajstić information content (AvgIpc) is 2.99. The van der Waals surface area contributed by atoms with Gasteiger partial charge in [-0.1, -0.05) is 0 Å². The molecule has 96 valence electrons. The van der Waals surface area contributed by atoms with E-state index in [2.05, 4.69) is 22.3 Å². The Morgan fingerprint density at radius 2 is 2.22 bits per heavy atom. The van der Waals surface area contributed by atoms with Crippen molar-refractivity contribution in [1.82, 2.24) is 20.1 Å². The van der Waals surface area contributed by atoms with E-state index in [1.807, 2.05) is 24.9 Å². The van der Waals surface area contributed by atoms with Gasteiger partial charge in [0.15, 0.2) is 0 Å². The first-order valence-electron chi connectivity index (χ1n) is 6.34. The van der Waals surface area contributed by atoms with Gasteiger partial charge in [-0.3, -0.25) is 4.68 Å². The molecule has 0 unspecified atom stereocenters. The van der Waals surface area contributed by atoms with E-state index in [1.54, 1.807) is 11.3 Å². The second-order valence-electron chi connectivity index (χ2n) is 4.96. The molecule has 1 N–H and O–H groups in total. The van der Waals surface area contributed by atoms with E-state index in [4.69, 9.17) is 0 Å². The van der Waals surface area contributed by atoms with Crippen molar-refractivity contribution in [2.24, 2.45) is 7.05 Å². The molecule has 0 saturated heterocycles. The van der Waals surface area contributed by atoms with Crippen molar-refractivity contribution in [2.75, 3.05) is 0 Å². The molecule has 0 bridgehead atoms. The van der Waals surface area contributed by atoms with Crippen LogP contribution in [0.3, 0.4) is 0 Å². The molecule has 0 amide bonds. The molecule has 2 aromatic heterocycles. The van der Waals surface area contributed by atoms with Crippen molar-refractivity contribution in [2.45, 2.75) is 39.3 Å². The van der Waals surface area contributed by atoms with Gasteiger partial charge in [0, 0.05) is 36.4 Å². The van der Waals surface area contributed by atoms with Gasteiger partial charge in [-0.2, -0.15) is 5.10 Å². The summed E-state index contributed by atoms with van der Waals surface area (Å²) < 4.78 is 1.92. The van der Waals surface area contributed by atoms with Crippen LogP contribution >= 0.6 is 11.3 Å². The zero-order valence-electron chi connectivity index (χ0n) is 11.0. The molecule has 3 rings (SSSR count). The van der Waals surface area contributed by atoms with E-state index in [0.717, 1.165) is 23.3 Å². The first-order chi connectivity index (χ1) is 8.65. The topological polar surface area (TPSA) is 42.7 Å². The van der Waals surface area contributed by atoms with Crippen LogP contribution in [0.4, 0.5) is 0 Å². The number of nitrogens with one attached hydrogen (secondary N) is 1. The summed E-state index contributed by atoms with van der Waals surface area (Å²) in [6.45, 7) is 5.09. The van der Waals surface area contributed by atoms with Crippen molar-refractivity contribution in [3.8, 4) is 10.6 Å². The molecule has 1 saturated carbocycles. The molecule has 1 aliphatic rings. The number of nitrogens with zero attached hydrogens (tertiary/aromatic N) is 3. The maximum Gasteiger partial charge on any atom is 0.127 e. The van der Waals surface area contributed by atoms with E-state index in [0.29, 0.717) is 0 Å². The minimum absolute atomic E-state index is 0.748. The Hall–Kier alpha value is -1.20. The first-order valence-corrected chi connectivity index (χ1v) is 7.15. The summed E-state index contributed by atoms with van der Waals surface area (Å²) in [5.74, 6) is 0. The van der Waals surface area contributed by atoms with Gasteiger partial charge in [0.2, 0.25) is 0 Å². The summed E-state index contributed by atoms with van der Waals surface area (Å²) in [4.78, 5) is 5.85. The van der Waals surface area contributed by atoms with E-state index >= 15 is 0 Å². The number of hydrogen-bond donors (Lipinski definition) is 1. The van der Waals surface area contributed by atoms with Gasteiger partial charge in [-0.05, 0) is 26.7 Å². The minimum atomic E-state index is 0.748. The van der Waals surface area contributed by atoms with Crippen molar-refractivity contribution >= 4 is 11.3 Å². The smallest absolute Gasteiger partial charge is 0.127 e. The second kappa shape index (κ2) is 4.48. The zero-order valence-corrected chi connectivity index (χ0v) is 11.8. The summed E-state index contributed by atoms with van der Waals surface area (Å²) in [5, 5.41) is 9.06. The molecule has 1 aliphatic carbocycles. The van der Waals surface area contributed by atoms with Gasteiger partial charge in [-0.25, -0.2) is 4.98 Å². The zero-order chi connectivity index (χ0) is 12.7. The number of thiazole rings is 1. The molecule has 0 aliphatic heterocycles. The fourth-order valence-corrected chi connectivity index (χ4v) is 3.13. The molecule has 0 radical (unpaired) electrons. The predicted molar refractivity (Wildman–Crippen MR) is 73.7 cm³/mol. The molecule has 0 aromatic carbocycles. The fraction of sp³-hybridized carbons (Fsp3) is 0.538. The van der Waals surface area contributed by atoms with Crippen molar-refractivity contribution in [1.29, 1.82) is 0 Å². The highest BCUT2D eigenvalue weighted by Gasteiger charge is 2.21. The summed E-state index contributed by atoms with van der Waals surface area (Å²) in [7, 11) is 1.98. The highest BCUT2D eigenvalue weighted by molar-refractivity contribution is 7.15. The third-order valence-electron chi connectivity index (χ3n) is 3.42. The third kappa shape index (κ3) is 2.20. The molecular weight excluding hydrogens is 244 g/mol. The number of aromatic nitrogens is 3. The van der Waals surface area contributed by atoms with Crippen LogP contribution in [-0.2, 0) is 13.6 Å². The van der Waals surface area contributed by atoms with Gasteiger partial charge in [-0.15, -0.1) is 11.3 Å². The van der Waals surface area contributed by atoms with Gasteiger partial charge < -0.3 is 5.32 Å². The molecule has 0 spiro atoms. The van der Waals surface area contributed by atoms with Gasteiger partial charge >= 0.3 is 0 Å². The van der Waals surface area contributed by atoms with Crippen LogP contribution in [0, 0.1) is 13.8 Å². The Kier molecular flexibility index (Phi) is 2.95. The second-order valence-corrected chi connectivity index (χ2v) is 6.07. The molecule has 5 heteroatoms. The fourth-order valence-electron chi connectivity index (χ4n) is 2.12. The van der Waals surface area contributed by atoms with Gasteiger partial charge in [0.05, 0.1) is 11.3 Å². The Labute approximate surface area is 111 Å². The Morgan fingerprint density at radius 3 is 2.83 bits per heavy atom. The lowest BCUT2D eigenvalue weighted by Crippen LogP contribution is -2.14. The summed E-state index contributed by atoms with van der Waals surface area (Å²) in [6.07, 6.45) is 4.64. The maximum atomic E-state index is 4.54. The number of aryl methyl sites for hydroxylation is 2. The maximum absolute atomic E-state index is 4.54. The molecule has 1 fully saturated rings. The molecule has 2 aromatic rings. The van der Waals surface area contributed by atoms with E-state index in [1.165, 1.54) is 29.0 Å². The van der Waals surface area contributed by atoms with E-state index in [-0.39, 0.29) is 0 Å². The van der Waals surface area contributed by atoms with Crippen LogP contribution in [-0.4, -0.2) is 20.8 Å². The monoisotopic (exact) mass is 262 g/mol. The largest absolute Gasteiger partial charge is 0.309 e. The van der Waals surface area contributed by atoms with E-state index < -0.39 is 0 Å². The number of rotatable bonds is 4. The van der Waals surface area contributed by atoms with Crippen LogP contribution in [0.1, 0.15) is 29.1 Å². The highest BCUT2D eigenvalue weighted by atomic mass is 32.1. The average molecular weight is 262 g/mol. The van der Waals surface area contributed by atoms with Crippen molar-refractivity contribution in [3.05, 3.63) is 22.5 Å². The Balaban J connectivity index is 1.82. The lowest BCUT2D eigenvalue weighted by atomic mass is 10.2. The SMILES string of the molecule is Cc1nn(C)c(C)c1-c1ncc(CNC2CC2)s1. The standard InChI is InChI=1S/C13H18N4S/c1-8-12(9(2)17(3)16-8)13-15-7-11(18-13)6-14-10-4-5-10/h7,10,14H,4-6H2,1-3H3. The number of hydrogen-bond acceptors (Lipinski definition) is 4. The van der Waals surface area contributed by atoms with Crippen LogP contribution in [0.5, 0.6) is 0 Å². The normalized spacial score (nSPS) is 15.3. The van der Waals surface area contributed by atoms with Crippen molar-refractivity contribution < 1.29 is 0 Å². The van der Waals surface area contributed by atoms with Gasteiger partial charge in [0.1, 0.15) is 5.01 Å². The first kappa shape index (κ1) is 11.9. The molecule has 4 nitrogen and oxygen atoms in total. The molecule has 2 heterocycles. The quantitative estimate of drug-likeness (QED) is 0.920. The van der Waals surface area contributed by atoms with Crippen LogP contribution < -0.4 is 5.32 Å².